The van der Waals surface area contributed by atoms with Crippen molar-refractivity contribution in [3.8, 4) is 56.1 Å². The number of hydrogen-bond donors (Lipinski definition) is 7. The number of nitrogens with one attached hydrogen (secondary N) is 4. The number of para-hydroxylation sites is 2. The van der Waals surface area contributed by atoms with E-state index < -0.39 is 83.5 Å². The van der Waals surface area contributed by atoms with Crippen molar-refractivity contribution in [2.24, 2.45) is 11.7 Å². The van der Waals surface area contributed by atoms with Crippen LogP contribution in [0.2, 0.25) is 5.02 Å². The van der Waals surface area contributed by atoms with Crippen LogP contribution in [0.4, 0.5) is 19.7 Å². The second kappa shape index (κ2) is 58.0. The van der Waals surface area contributed by atoms with Gasteiger partial charge < -0.3 is 113 Å². The van der Waals surface area contributed by atoms with Crippen molar-refractivity contribution in [2.75, 3.05) is 198 Å². The minimum Gasteiger partial charge on any atom is -0.496 e. The fraction of sp³-hybridized carbons (Fsp3) is 0.465. The zero-order chi connectivity index (χ0) is 102. The predicted octanol–water partition coefficient (Wildman–Crippen LogP) is 8.90. The lowest BCUT2D eigenvalue weighted by Gasteiger charge is -2.42. The van der Waals surface area contributed by atoms with Crippen molar-refractivity contribution in [3.63, 3.8) is 0 Å². The van der Waals surface area contributed by atoms with Crippen molar-refractivity contribution in [2.45, 2.75) is 104 Å². The van der Waals surface area contributed by atoms with E-state index in [0.717, 1.165) is 22.6 Å². The minimum atomic E-state index is -1.49. The van der Waals surface area contributed by atoms with Crippen LogP contribution >= 0.6 is 22.9 Å². The number of carboxylic acid groups (broad SMARTS) is 2. The number of aromatic nitrogens is 7. The number of carbonyl (C=O) groups excluding carboxylic acids is 7. The Morgan fingerprint density at radius 1 is 0.650 bits per heavy atom. The lowest BCUT2D eigenvalue weighted by Crippen LogP contribution is -2.57. The van der Waals surface area contributed by atoms with Gasteiger partial charge in [-0.15, -0.1) is 16.4 Å². The van der Waals surface area contributed by atoms with E-state index in [4.69, 9.17) is 93.7 Å². The van der Waals surface area contributed by atoms with E-state index in [0.29, 0.717) is 249 Å². The van der Waals surface area contributed by atoms with E-state index in [2.05, 4.69) is 58.5 Å². The Hall–Kier alpha value is -12.9. The van der Waals surface area contributed by atoms with E-state index in [1.54, 1.807) is 106 Å². The first-order chi connectivity index (χ1) is 69.2. The number of methoxy groups -OCH3 is 1. The Kier molecular flexibility index (Phi) is 44.8. The summed E-state index contributed by atoms with van der Waals surface area (Å²) in [6, 6.07) is 28.1. The van der Waals surface area contributed by atoms with E-state index in [-0.39, 0.29) is 97.3 Å². The number of amides is 8. The number of nitrogens with zero attached hydrogens (tertiary/aromatic N) is 11. The zero-order valence-electron chi connectivity index (χ0n) is 81.0. The van der Waals surface area contributed by atoms with Gasteiger partial charge in [0.15, 0.2) is 5.82 Å². The number of ether oxygens (including phenoxy) is 14. The number of imide groups is 1. The number of likely N-dealkylation sites (N-methyl/N-ethyl adjacent to an activating group) is 1. The van der Waals surface area contributed by atoms with Gasteiger partial charge >= 0.3 is 24.1 Å². The number of carboxylic acids is 2. The molecular formula is C99H125ClFN16O25S+. The second-order valence-corrected chi connectivity index (χ2v) is 35.3. The number of thiophene rings is 1. The lowest BCUT2D eigenvalue weighted by molar-refractivity contribution is -0.926. The highest BCUT2D eigenvalue weighted by molar-refractivity contribution is 7.22. The van der Waals surface area contributed by atoms with Crippen LogP contribution in [0.25, 0.3) is 43.2 Å². The summed E-state index contributed by atoms with van der Waals surface area (Å²) in [4.78, 5) is 140. The zero-order valence-corrected chi connectivity index (χ0v) is 82.6. The second-order valence-electron chi connectivity index (χ2n) is 34.0. The number of carbonyl (C=O) groups is 9. The van der Waals surface area contributed by atoms with E-state index in [1.165, 1.54) is 34.7 Å². The summed E-state index contributed by atoms with van der Waals surface area (Å²) < 4.78 is 97.1. The summed E-state index contributed by atoms with van der Waals surface area (Å²) in [5.41, 5.74) is 11.9. The van der Waals surface area contributed by atoms with Crippen LogP contribution in [-0.4, -0.2) is 329 Å². The smallest absolute Gasteiger partial charge is 0.410 e. The number of halogens is 2. The third-order valence-corrected chi connectivity index (χ3v) is 24.6. The quantitative estimate of drug-likeness (QED) is 0.0106. The molecule has 1 fully saturated rings. The normalized spacial score (nSPS) is 13.6. The molecule has 5 aromatic carbocycles. The predicted molar refractivity (Wildman–Crippen MR) is 522 cm³/mol. The Morgan fingerprint density at radius 2 is 1.28 bits per heavy atom. The standard InChI is InChI=1S/C99H124ClFN16O25S/c1-66(2)90(110-83(118)28-39-130-42-36-116-84(119)25-26-85(116)120)94(124)109-78(14-11-30-104-98(102)127)93(123)108-73-22-19-70(71(58-73)60-113(4)99(128)141-64-75-61-115(112-111-75)35-41-132-45-47-134-49-51-136-53-55-138-57-56-137-54-52-135-50-48-133-46-44-131-40-29-86(121)122)62-117(5)37-32-114(33-38-117)34-43-139-81-24-23-76(67(3)89(81)100)87-88-95(105-65-106-96(88)143-91(87)68-17-20-72(101)21-18-68)142-82(97(125)126)59-69-12-7-9-15-79(69)140-63-74-27-31-103-92(107-74)77-13-8-10-16-80(77)129-6/h7-10,12-13,15-27,31,58,61,65-66,78,82,90H,11,14,28-30,32-57,59-60,62-64H2,1-6H3,(H7-,102,104,108,109,110,118,121,122,123,124,125,126,127)/p+1/t78-,82+,90-/m0/s1. The molecule has 0 unspecified atom stereocenters. The molecule has 41 nitrogen and oxygen atoms in total. The molecule has 9 aromatic rings. The lowest BCUT2D eigenvalue weighted by atomic mass is 9.96. The van der Waals surface area contributed by atoms with Gasteiger partial charge in [0.1, 0.15) is 78.4 Å². The van der Waals surface area contributed by atoms with Crippen LogP contribution in [-0.2, 0) is 120 Å². The van der Waals surface area contributed by atoms with Crippen molar-refractivity contribution in [3.05, 3.63) is 185 Å². The molecule has 6 heterocycles. The summed E-state index contributed by atoms with van der Waals surface area (Å²) in [6.45, 7) is 15.1. The molecule has 4 aromatic heterocycles. The summed E-state index contributed by atoms with van der Waals surface area (Å²) in [7, 11) is 5.30. The molecule has 770 valence electrons. The molecule has 0 aliphatic carbocycles. The number of benzene rings is 5. The monoisotopic (exact) mass is 2020 g/mol. The number of aliphatic carboxylic acids is 2. The van der Waals surface area contributed by atoms with Crippen molar-refractivity contribution in [1.29, 1.82) is 0 Å². The maximum atomic E-state index is 14.7. The topological polar surface area (TPSA) is 489 Å². The first-order valence-corrected chi connectivity index (χ1v) is 48.2. The van der Waals surface area contributed by atoms with Gasteiger partial charge in [0, 0.05) is 92.7 Å². The van der Waals surface area contributed by atoms with Crippen molar-refractivity contribution in [1.82, 2.24) is 65.6 Å². The van der Waals surface area contributed by atoms with Gasteiger partial charge in [-0.05, 0) is 108 Å². The fourth-order valence-electron chi connectivity index (χ4n) is 15.3. The van der Waals surface area contributed by atoms with Gasteiger partial charge in [0.2, 0.25) is 29.7 Å². The molecule has 8 amide bonds. The van der Waals surface area contributed by atoms with Gasteiger partial charge in [-0.2, -0.15) is 0 Å². The highest BCUT2D eigenvalue weighted by Crippen LogP contribution is 2.50. The highest BCUT2D eigenvalue weighted by Gasteiger charge is 2.35. The maximum Gasteiger partial charge on any atom is 0.410 e. The number of hydrogen-bond acceptors (Lipinski definition) is 31. The Balaban J connectivity index is 0.694. The molecule has 44 heteroatoms. The van der Waals surface area contributed by atoms with Gasteiger partial charge in [0.05, 0.1) is 194 Å². The summed E-state index contributed by atoms with van der Waals surface area (Å²) in [5, 5.41) is 39.7. The highest BCUT2D eigenvalue weighted by atomic mass is 35.5. The van der Waals surface area contributed by atoms with Crippen LogP contribution in [0.1, 0.15) is 73.2 Å². The molecule has 8 N–H and O–H groups in total. The molecule has 0 bridgehead atoms. The van der Waals surface area contributed by atoms with Crippen molar-refractivity contribution < 1.29 is 129 Å². The number of nitrogens with two attached hydrogens (primary N) is 1. The number of fused-ring (bicyclic) bond motifs is 1. The third kappa shape index (κ3) is 35.6. The summed E-state index contributed by atoms with van der Waals surface area (Å²) in [6.07, 6.45) is 4.62. The Labute approximate surface area is 836 Å². The average Bonchev–Trinajstić information content (AvgIpc) is 1.60. The molecule has 3 atom stereocenters. The number of piperazine rings is 1. The van der Waals surface area contributed by atoms with Gasteiger partial charge in [0.25, 0.3) is 11.8 Å². The first kappa shape index (κ1) is 110. The van der Waals surface area contributed by atoms with Crippen LogP contribution in [0.5, 0.6) is 23.1 Å². The van der Waals surface area contributed by atoms with E-state index in [9.17, 15) is 52.6 Å². The Morgan fingerprint density at radius 3 is 1.93 bits per heavy atom. The fourth-order valence-corrected chi connectivity index (χ4v) is 16.6. The van der Waals surface area contributed by atoms with E-state index in [1.807, 2.05) is 43.3 Å². The third-order valence-electron chi connectivity index (χ3n) is 23.0. The number of quaternary nitrogens is 1. The van der Waals surface area contributed by atoms with Crippen molar-refractivity contribution >= 4 is 92.4 Å². The first-order valence-electron chi connectivity index (χ1n) is 47.0. The average molecular weight is 2030 g/mol. The van der Waals surface area contributed by atoms with Gasteiger partial charge in [-0.3, -0.25) is 38.6 Å². The summed E-state index contributed by atoms with van der Waals surface area (Å²) >= 11 is 8.66. The number of primary amides is 1. The molecular weight excluding hydrogens is 1900 g/mol. The maximum absolute atomic E-state index is 14.7. The van der Waals surface area contributed by atoms with Crippen LogP contribution in [0, 0.1) is 18.7 Å². The molecule has 0 radical (unpaired) electrons. The number of anilines is 1. The van der Waals surface area contributed by atoms with Gasteiger partial charge in [-0.1, -0.05) is 85.3 Å². The number of urea groups is 1. The molecule has 2 aliphatic heterocycles. The molecule has 1 saturated heterocycles. The van der Waals surface area contributed by atoms with Crippen LogP contribution < -0.4 is 45.9 Å². The van der Waals surface area contributed by atoms with Gasteiger partial charge in [-0.25, -0.2) is 43.4 Å². The largest absolute Gasteiger partial charge is 0.496 e. The molecule has 2 aliphatic rings. The molecule has 143 heavy (non-hydrogen) atoms. The van der Waals surface area contributed by atoms with Crippen LogP contribution in [0.15, 0.2) is 140 Å². The SMILES string of the molecule is COc1ccccc1-c1nccc(COc2ccccc2C[C@@H](Oc2ncnc3sc(-c4ccc(F)cc4)c(-c4ccc(OCCN5CC[N+](C)(Cc6ccc(NC(=O)[C@H](CCCNC(N)=O)NC(=O)[C@@H](NC(=O)CCOCCN7C(=O)C=CC7=O)C(C)C)cc6CN(C)C(=O)OCc6cn(CCOCCOCCOCCOCCOCCOCCOCCOCCC(=O)O)nn6)CC5)c(Cl)c4C)c23)C(=O)O)n1. The van der Waals surface area contributed by atoms with E-state index >= 15 is 0 Å². The number of rotatable bonds is 65. The minimum absolute atomic E-state index is 0.00902. The molecule has 11 rings (SSSR count). The summed E-state index contributed by atoms with van der Waals surface area (Å²) in [5.74, 6) is -3.97. The molecule has 0 spiro atoms. The molecule has 0 saturated carbocycles. The van der Waals surface area contributed by atoms with Crippen LogP contribution in [0.3, 0.4) is 0 Å². The Bertz CT molecular complexity index is 5680.